The molecule has 0 aliphatic carbocycles. The van der Waals surface area contributed by atoms with Gasteiger partial charge in [0.15, 0.2) is 0 Å². The van der Waals surface area contributed by atoms with Crippen LogP contribution in [0.1, 0.15) is 44.7 Å². The van der Waals surface area contributed by atoms with Crippen LogP contribution < -0.4 is 16.0 Å². The quantitative estimate of drug-likeness (QED) is 0.873. The van der Waals surface area contributed by atoms with Crippen LogP contribution >= 0.6 is 0 Å². The van der Waals surface area contributed by atoms with E-state index in [1.165, 1.54) is 11.3 Å². The molecule has 0 spiro atoms. The maximum absolute atomic E-state index is 12.2. The molecule has 0 aromatic heterocycles. The lowest BCUT2D eigenvalue weighted by atomic mass is 9.99. The number of aryl methyl sites for hydroxylation is 1. The fourth-order valence-corrected chi connectivity index (χ4v) is 2.70. The Labute approximate surface area is 127 Å². The number of amides is 1. The third kappa shape index (κ3) is 3.97. The predicted octanol–water partition coefficient (Wildman–Crippen LogP) is 2.20. The van der Waals surface area contributed by atoms with Gasteiger partial charge < -0.3 is 16.0 Å². The number of fused-ring (bicyclic) bond motifs is 1. The van der Waals surface area contributed by atoms with E-state index in [9.17, 15) is 4.79 Å². The molecular weight excluding hydrogens is 262 g/mol. The van der Waals surface area contributed by atoms with E-state index in [2.05, 4.69) is 49.2 Å². The van der Waals surface area contributed by atoms with E-state index >= 15 is 0 Å². The summed E-state index contributed by atoms with van der Waals surface area (Å²) < 4.78 is 0. The molecule has 1 aromatic rings. The highest BCUT2D eigenvalue weighted by atomic mass is 16.2. The number of nitrogens with zero attached hydrogens (tertiary/aromatic N) is 1. The number of benzene rings is 1. The van der Waals surface area contributed by atoms with E-state index in [1.807, 2.05) is 0 Å². The van der Waals surface area contributed by atoms with Gasteiger partial charge in [0.1, 0.15) is 0 Å². The number of hydrogen-bond acceptors (Lipinski definition) is 3. The first-order valence-corrected chi connectivity index (χ1v) is 7.83. The summed E-state index contributed by atoms with van der Waals surface area (Å²) in [5.41, 5.74) is 9.22. The molecule has 4 heteroatoms. The third-order valence-electron chi connectivity index (χ3n) is 4.29. The van der Waals surface area contributed by atoms with Crippen LogP contribution in [0, 0.1) is 0 Å². The van der Waals surface area contributed by atoms with Crippen molar-refractivity contribution in [2.24, 2.45) is 5.73 Å². The lowest BCUT2D eigenvalue weighted by Gasteiger charge is -2.33. The first-order chi connectivity index (χ1) is 9.95. The van der Waals surface area contributed by atoms with Crippen LogP contribution in [0.2, 0.25) is 0 Å². The molecule has 0 fully saturated rings. The number of rotatable bonds is 5. The molecule has 0 atom stereocenters. The number of anilines is 1. The third-order valence-corrected chi connectivity index (χ3v) is 4.29. The van der Waals surface area contributed by atoms with E-state index in [0.717, 1.165) is 31.4 Å². The Morgan fingerprint density at radius 1 is 1.43 bits per heavy atom. The summed E-state index contributed by atoms with van der Waals surface area (Å²) in [7, 11) is 0. The van der Waals surface area contributed by atoms with Crippen molar-refractivity contribution in [3.8, 4) is 0 Å². The topological polar surface area (TPSA) is 58.4 Å². The van der Waals surface area contributed by atoms with Gasteiger partial charge >= 0.3 is 0 Å². The molecule has 2 rings (SSSR count). The summed E-state index contributed by atoms with van der Waals surface area (Å²) >= 11 is 0. The van der Waals surface area contributed by atoms with Gasteiger partial charge in [0.05, 0.1) is 6.54 Å². The van der Waals surface area contributed by atoms with Gasteiger partial charge in [-0.2, -0.15) is 0 Å². The van der Waals surface area contributed by atoms with Crippen LogP contribution in [0.25, 0.3) is 0 Å². The molecule has 1 amide bonds. The van der Waals surface area contributed by atoms with Crippen molar-refractivity contribution >= 4 is 11.6 Å². The first-order valence-electron chi connectivity index (χ1n) is 7.83. The average Bonchev–Trinajstić information content (AvgIpc) is 2.46. The molecule has 4 nitrogen and oxygen atoms in total. The van der Waals surface area contributed by atoms with E-state index in [0.29, 0.717) is 13.1 Å². The van der Waals surface area contributed by atoms with Crippen molar-refractivity contribution in [3.63, 3.8) is 0 Å². The fourth-order valence-electron chi connectivity index (χ4n) is 2.70. The minimum absolute atomic E-state index is 0.0950. The van der Waals surface area contributed by atoms with Gasteiger partial charge in [-0.25, -0.2) is 0 Å². The SMILES string of the molecule is CCC(C)(C)NC(=O)CN1CCCc2cc(CN)ccc21. The Balaban J connectivity index is 2.08. The van der Waals surface area contributed by atoms with Crippen LogP contribution in [0.3, 0.4) is 0 Å². The summed E-state index contributed by atoms with van der Waals surface area (Å²) in [6, 6.07) is 6.34. The highest BCUT2D eigenvalue weighted by molar-refractivity contribution is 5.82. The summed E-state index contributed by atoms with van der Waals surface area (Å²) in [4.78, 5) is 14.4. The van der Waals surface area contributed by atoms with E-state index in [4.69, 9.17) is 5.73 Å². The van der Waals surface area contributed by atoms with Gasteiger partial charge in [0.2, 0.25) is 5.91 Å². The molecule has 1 aliphatic rings. The van der Waals surface area contributed by atoms with Crippen molar-refractivity contribution < 1.29 is 4.79 Å². The molecule has 0 saturated heterocycles. The second-order valence-electron chi connectivity index (χ2n) is 6.48. The Kier molecular flexibility index (Phi) is 4.88. The average molecular weight is 289 g/mol. The van der Waals surface area contributed by atoms with Crippen molar-refractivity contribution in [3.05, 3.63) is 29.3 Å². The molecule has 1 aliphatic heterocycles. The highest BCUT2D eigenvalue weighted by Crippen LogP contribution is 2.27. The van der Waals surface area contributed by atoms with Crippen LogP contribution in [-0.4, -0.2) is 24.5 Å². The van der Waals surface area contributed by atoms with Crippen LogP contribution in [0.4, 0.5) is 5.69 Å². The number of nitrogens with one attached hydrogen (secondary N) is 1. The maximum atomic E-state index is 12.2. The Morgan fingerprint density at radius 3 is 2.86 bits per heavy atom. The summed E-state index contributed by atoms with van der Waals surface area (Å²) in [6.45, 7) is 8.14. The molecule has 0 bridgehead atoms. The van der Waals surface area contributed by atoms with Gasteiger partial charge in [0.25, 0.3) is 0 Å². The van der Waals surface area contributed by atoms with Gasteiger partial charge in [-0.1, -0.05) is 19.1 Å². The maximum Gasteiger partial charge on any atom is 0.239 e. The molecule has 116 valence electrons. The predicted molar refractivity (Wildman–Crippen MR) is 87.4 cm³/mol. The van der Waals surface area contributed by atoms with Crippen molar-refractivity contribution in [2.45, 2.75) is 52.1 Å². The normalized spacial score (nSPS) is 14.8. The van der Waals surface area contributed by atoms with E-state index in [1.54, 1.807) is 0 Å². The molecule has 1 aromatic carbocycles. The number of carbonyl (C=O) groups is 1. The molecule has 0 radical (unpaired) electrons. The highest BCUT2D eigenvalue weighted by Gasteiger charge is 2.22. The zero-order valence-electron chi connectivity index (χ0n) is 13.4. The Bertz CT molecular complexity index is 511. The monoisotopic (exact) mass is 289 g/mol. The minimum Gasteiger partial charge on any atom is -0.362 e. The fraction of sp³-hybridized carbons (Fsp3) is 0.588. The Hall–Kier alpha value is -1.55. The molecule has 0 saturated carbocycles. The lowest BCUT2D eigenvalue weighted by molar-refractivity contribution is -0.121. The van der Waals surface area contributed by atoms with Crippen LogP contribution in [-0.2, 0) is 17.8 Å². The second-order valence-corrected chi connectivity index (χ2v) is 6.48. The molecule has 0 unspecified atom stereocenters. The lowest BCUT2D eigenvalue weighted by Crippen LogP contribution is -2.48. The largest absolute Gasteiger partial charge is 0.362 e. The van der Waals surface area contributed by atoms with Crippen LogP contribution in [0.15, 0.2) is 18.2 Å². The Morgan fingerprint density at radius 2 is 2.19 bits per heavy atom. The molecular formula is C17H27N3O. The van der Waals surface area contributed by atoms with Gasteiger partial charge in [0, 0.05) is 24.3 Å². The van der Waals surface area contributed by atoms with Crippen LogP contribution in [0.5, 0.6) is 0 Å². The van der Waals surface area contributed by atoms with E-state index < -0.39 is 0 Å². The summed E-state index contributed by atoms with van der Waals surface area (Å²) in [5, 5.41) is 3.11. The molecule has 21 heavy (non-hydrogen) atoms. The van der Waals surface area contributed by atoms with Gasteiger partial charge in [-0.3, -0.25) is 4.79 Å². The molecule has 1 heterocycles. The minimum atomic E-state index is -0.140. The zero-order valence-corrected chi connectivity index (χ0v) is 13.4. The number of nitrogens with two attached hydrogens (primary N) is 1. The number of carbonyl (C=O) groups excluding carboxylic acids is 1. The van der Waals surface area contributed by atoms with Crippen molar-refractivity contribution in [2.75, 3.05) is 18.0 Å². The standard InChI is InChI=1S/C17H27N3O/c1-4-17(2,3)19-16(21)12-20-9-5-6-14-10-13(11-18)7-8-15(14)20/h7-8,10H,4-6,9,11-12,18H2,1-3H3,(H,19,21). The molecule has 3 N–H and O–H groups in total. The van der Waals surface area contributed by atoms with Gasteiger partial charge in [-0.05, 0) is 50.3 Å². The van der Waals surface area contributed by atoms with Gasteiger partial charge in [-0.15, -0.1) is 0 Å². The first kappa shape index (κ1) is 15.8. The zero-order chi connectivity index (χ0) is 15.5. The summed E-state index contributed by atoms with van der Waals surface area (Å²) in [5.74, 6) is 0.0950. The summed E-state index contributed by atoms with van der Waals surface area (Å²) in [6.07, 6.45) is 3.09. The second kappa shape index (κ2) is 6.48. The van der Waals surface area contributed by atoms with Crippen molar-refractivity contribution in [1.82, 2.24) is 5.32 Å². The smallest absolute Gasteiger partial charge is 0.239 e. The van der Waals surface area contributed by atoms with E-state index in [-0.39, 0.29) is 11.4 Å². The van der Waals surface area contributed by atoms with Crippen molar-refractivity contribution in [1.29, 1.82) is 0 Å². The number of hydrogen-bond donors (Lipinski definition) is 2.